The second kappa shape index (κ2) is 8.00. The zero-order valence-electron chi connectivity index (χ0n) is 11.7. The predicted molar refractivity (Wildman–Crippen MR) is 75.9 cm³/mol. The van der Waals surface area contributed by atoms with Crippen LogP contribution in [0.15, 0.2) is 24.3 Å². The average molecular weight is 279 g/mol. The maximum absolute atomic E-state index is 12.7. The van der Waals surface area contributed by atoms with E-state index in [0.717, 1.165) is 31.4 Å². The first kappa shape index (κ1) is 15.0. The van der Waals surface area contributed by atoms with Crippen molar-refractivity contribution in [2.75, 3.05) is 13.2 Å². The molecule has 3 nitrogen and oxygen atoms in total. The Balaban J connectivity index is 1.59. The molecule has 1 amide bonds. The normalized spacial score (nSPS) is 18.8. The van der Waals surface area contributed by atoms with E-state index in [1.165, 1.54) is 18.6 Å². The summed E-state index contributed by atoms with van der Waals surface area (Å²) in [7, 11) is 0. The van der Waals surface area contributed by atoms with Gasteiger partial charge in [-0.1, -0.05) is 12.1 Å². The first-order valence-corrected chi connectivity index (χ1v) is 7.37. The lowest BCUT2D eigenvalue weighted by Gasteiger charge is -2.22. The van der Waals surface area contributed by atoms with E-state index in [0.29, 0.717) is 25.5 Å². The van der Waals surface area contributed by atoms with Crippen molar-refractivity contribution in [1.29, 1.82) is 0 Å². The lowest BCUT2D eigenvalue weighted by atomic mass is 10.1. The second-order valence-electron chi connectivity index (χ2n) is 5.25. The zero-order valence-corrected chi connectivity index (χ0v) is 11.7. The van der Waals surface area contributed by atoms with Gasteiger partial charge in [0.15, 0.2) is 0 Å². The third kappa shape index (κ3) is 5.29. The average Bonchev–Trinajstić information content (AvgIpc) is 2.48. The first-order chi connectivity index (χ1) is 9.74. The fourth-order valence-corrected chi connectivity index (χ4v) is 2.40. The van der Waals surface area contributed by atoms with Crippen molar-refractivity contribution < 1.29 is 13.9 Å². The van der Waals surface area contributed by atoms with Crippen molar-refractivity contribution in [3.63, 3.8) is 0 Å². The highest BCUT2D eigenvalue weighted by Gasteiger charge is 2.13. The molecule has 20 heavy (non-hydrogen) atoms. The number of benzene rings is 1. The van der Waals surface area contributed by atoms with Gasteiger partial charge in [-0.2, -0.15) is 0 Å². The SMILES string of the molecule is O=C(CCc1ccc(F)cc1)NCC[C@H]1CCCCO1. The van der Waals surface area contributed by atoms with Gasteiger partial charge in [0, 0.05) is 19.6 Å². The number of amides is 1. The summed E-state index contributed by atoms with van der Waals surface area (Å²) in [4.78, 5) is 11.7. The highest BCUT2D eigenvalue weighted by atomic mass is 19.1. The van der Waals surface area contributed by atoms with Crippen molar-refractivity contribution in [1.82, 2.24) is 5.32 Å². The Labute approximate surface area is 119 Å². The van der Waals surface area contributed by atoms with Gasteiger partial charge in [0.05, 0.1) is 6.10 Å². The van der Waals surface area contributed by atoms with Gasteiger partial charge >= 0.3 is 0 Å². The van der Waals surface area contributed by atoms with Crippen LogP contribution in [0.2, 0.25) is 0 Å². The summed E-state index contributed by atoms with van der Waals surface area (Å²) in [5, 5.41) is 2.92. The standard InChI is InChI=1S/C16H22FNO2/c17-14-7-4-13(5-8-14)6-9-16(19)18-11-10-15-3-1-2-12-20-15/h4-5,7-8,15H,1-3,6,9-12H2,(H,18,19)/t15-/m1/s1. The van der Waals surface area contributed by atoms with Crippen molar-refractivity contribution >= 4 is 5.91 Å². The summed E-state index contributed by atoms with van der Waals surface area (Å²) >= 11 is 0. The molecule has 1 aliphatic heterocycles. The van der Waals surface area contributed by atoms with Crippen molar-refractivity contribution in [2.24, 2.45) is 0 Å². The summed E-state index contributed by atoms with van der Waals surface area (Å²) < 4.78 is 18.4. The smallest absolute Gasteiger partial charge is 0.220 e. The molecule has 1 saturated heterocycles. The molecule has 4 heteroatoms. The maximum atomic E-state index is 12.7. The number of halogens is 1. The van der Waals surface area contributed by atoms with Crippen LogP contribution < -0.4 is 5.32 Å². The summed E-state index contributed by atoms with van der Waals surface area (Å²) in [6, 6.07) is 6.29. The van der Waals surface area contributed by atoms with Crippen LogP contribution in [0.4, 0.5) is 4.39 Å². The molecule has 2 rings (SSSR count). The van der Waals surface area contributed by atoms with Gasteiger partial charge < -0.3 is 10.1 Å². The molecule has 110 valence electrons. The van der Waals surface area contributed by atoms with Gasteiger partial charge in [-0.15, -0.1) is 0 Å². The van der Waals surface area contributed by atoms with Gasteiger partial charge in [0.1, 0.15) is 5.82 Å². The highest BCUT2D eigenvalue weighted by Crippen LogP contribution is 2.14. The number of nitrogens with one attached hydrogen (secondary N) is 1. The lowest BCUT2D eigenvalue weighted by Crippen LogP contribution is -2.29. The predicted octanol–water partition coefficient (Wildman–Crippen LogP) is 2.83. The molecule has 0 saturated carbocycles. The van der Waals surface area contributed by atoms with E-state index in [1.54, 1.807) is 12.1 Å². The van der Waals surface area contributed by atoms with Gasteiger partial charge in [-0.05, 0) is 49.8 Å². The molecule has 0 spiro atoms. The van der Waals surface area contributed by atoms with Gasteiger partial charge in [0.25, 0.3) is 0 Å². The summed E-state index contributed by atoms with van der Waals surface area (Å²) in [6.07, 6.45) is 5.77. The molecule has 1 fully saturated rings. The molecule has 0 aliphatic carbocycles. The van der Waals surface area contributed by atoms with Crippen molar-refractivity contribution in [2.45, 2.75) is 44.6 Å². The number of hydrogen-bond acceptors (Lipinski definition) is 2. The lowest BCUT2D eigenvalue weighted by molar-refractivity contribution is -0.121. The Hall–Kier alpha value is -1.42. The van der Waals surface area contributed by atoms with Crippen molar-refractivity contribution in [3.05, 3.63) is 35.6 Å². The number of carbonyl (C=O) groups is 1. The molecule has 0 bridgehead atoms. The fraction of sp³-hybridized carbons (Fsp3) is 0.562. The number of ether oxygens (including phenoxy) is 1. The molecule has 0 radical (unpaired) electrons. The summed E-state index contributed by atoms with van der Waals surface area (Å²) in [5.41, 5.74) is 0.983. The quantitative estimate of drug-likeness (QED) is 0.869. The zero-order chi connectivity index (χ0) is 14.2. The molecule has 0 aromatic heterocycles. The van der Waals surface area contributed by atoms with E-state index >= 15 is 0 Å². The first-order valence-electron chi connectivity index (χ1n) is 7.37. The van der Waals surface area contributed by atoms with Crippen LogP contribution in [0, 0.1) is 5.82 Å². The van der Waals surface area contributed by atoms with Crippen LogP contribution in [0.5, 0.6) is 0 Å². The molecular weight excluding hydrogens is 257 g/mol. The summed E-state index contributed by atoms with van der Waals surface area (Å²) in [5.74, 6) is -0.198. The molecule has 1 aromatic rings. The minimum absolute atomic E-state index is 0.0464. The van der Waals surface area contributed by atoms with Gasteiger partial charge in [0.2, 0.25) is 5.91 Å². The number of aryl methyl sites for hydroxylation is 1. The van der Waals surface area contributed by atoms with Gasteiger partial charge in [-0.25, -0.2) is 4.39 Å². The molecule has 1 aliphatic rings. The largest absolute Gasteiger partial charge is 0.378 e. The minimum atomic E-state index is -0.245. The van der Waals surface area contributed by atoms with E-state index < -0.39 is 0 Å². The molecule has 1 atom stereocenters. The number of hydrogen-bond donors (Lipinski definition) is 1. The Morgan fingerprint density at radius 1 is 1.30 bits per heavy atom. The van der Waals surface area contributed by atoms with Crippen LogP contribution in [0.1, 0.15) is 37.7 Å². The Kier molecular flexibility index (Phi) is 5.99. The van der Waals surface area contributed by atoms with Crippen LogP contribution in [0.25, 0.3) is 0 Å². The second-order valence-corrected chi connectivity index (χ2v) is 5.25. The van der Waals surface area contributed by atoms with Crippen LogP contribution >= 0.6 is 0 Å². The van der Waals surface area contributed by atoms with E-state index in [4.69, 9.17) is 4.74 Å². The van der Waals surface area contributed by atoms with E-state index in [-0.39, 0.29) is 11.7 Å². The van der Waals surface area contributed by atoms with Crippen molar-refractivity contribution in [3.8, 4) is 0 Å². The van der Waals surface area contributed by atoms with Gasteiger partial charge in [-0.3, -0.25) is 4.79 Å². The minimum Gasteiger partial charge on any atom is -0.378 e. The molecule has 1 N–H and O–H groups in total. The van der Waals surface area contributed by atoms with Crippen LogP contribution in [-0.2, 0) is 16.0 Å². The van der Waals surface area contributed by atoms with E-state index in [1.807, 2.05) is 0 Å². The number of rotatable bonds is 6. The molecule has 1 heterocycles. The Morgan fingerprint density at radius 3 is 2.80 bits per heavy atom. The molecular formula is C16H22FNO2. The van der Waals surface area contributed by atoms with Crippen LogP contribution in [-0.4, -0.2) is 25.2 Å². The monoisotopic (exact) mass is 279 g/mol. The molecule has 1 aromatic carbocycles. The highest BCUT2D eigenvalue weighted by molar-refractivity contribution is 5.76. The van der Waals surface area contributed by atoms with Crippen LogP contribution in [0.3, 0.4) is 0 Å². The Morgan fingerprint density at radius 2 is 2.10 bits per heavy atom. The maximum Gasteiger partial charge on any atom is 0.220 e. The third-order valence-corrected chi connectivity index (χ3v) is 3.62. The van der Waals surface area contributed by atoms with E-state index in [9.17, 15) is 9.18 Å². The Bertz CT molecular complexity index is 413. The third-order valence-electron chi connectivity index (χ3n) is 3.62. The summed E-state index contributed by atoms with van der Waals surface area (Å²) in [6.45, 7) is 1.52. The van der Waals surface area contributed by atoms with E-state index in [2.05, 4.69) is 5.32 Å². The number of carbonyl (C=O) groups excluding carboxylic acids is 1. The molecule has 0 unspecified atom stereocenters. The topological polar surface area (TPSA) is 38.3 Å². The fourth-order valence-electron chi connectivity index (χ4n) is 2.40.